The molecular formula is C18H20N4OS. The molecule has 3 heterocycles. The van der Waals surface area contributed by atoms with Crippen molar-refractivity contribution < 1.29 is 4.74 Å². The van der Waals surface area contributed by atoms with Gasteiger partial charge >= 0.3 is 0 Å². The fraction of sp³-hybridized carbons (Fsp3) is 0.333. The molecule has 2 N–H and O–H groups in total. The molecule has 24 heavy (non-hydrogen) atoms. The van der Waals surface area contributed by atoms with Crippen molar-refractivity contribution in [3.63, 3.8) is 0 Å². The van der Waals surface area contributed by atoms with Crippen molar-refractivity contribution in [3.05, 3.63) is 64.5 Å². The highest BCUT2D eigenvalue weighted by molar-refractivity contribution is 7.10. The SMILES string of the molecule is c1csc(C(NCc2ccnc(OC3CCC3)c2)c2ncc[nH]2)c1. The number of nitrogens with one attached hydrogen (secondary N) is 2. The molecule has 124 valence electrons. The minimum atomic E-state index is 0.0594. The van der Waals surface area contributed by atoms with E-state index in [1.807, 2.05) is 24.5 Å². The minimum Gasteiger partial charge on any atom is -0.474 e. The molecule has 0 radical (unpaired) electrons. The smallest absolute Gasteiger partial charge is 0.213 e. The van der Waals surface area contributed by atoms with Crippen LogP contribution in [0.3, 0.4) is 0 Å². The second-order valence-corrected chi connectivity index (χ2v) is 6.96. The van der Waals surface area contributed by atoms with Crippen LogP contribution in [0.1, 0.15) is 41.6 Å². The zero-order chi connectivity index (χ0) is 16.2. The highest BCUT2D eigenvalue weighted by Gasteiger charge is 2.20. The second kappa shape index (κ2) is 7.15. The Morgan fingerprint density at radius 3 is 2.96 bits per heavy atom. The van der Waals surface area contributed by atoms with Crippen LogP contribution < -0.4 is 10.1 Å². The van der Waals surface area contributed by atoms with Crippen LogP contribution in [0.4, 0.5) is 0 Å². The number of hydrogen-bond donors (Lipinski definition) is 2. The first kappa shape index (κ1) is 15.4. The molecule has 4 rings (SSSR count). The van der Waals surface area contributed by atoms with E-state index < -0.39 is 0 Å². The first-order valence-corrected chi connectivity index (χ1v) is 9.14. The molecule has 0 aliphatic heterocycles. The van der Waals surface area contributed by atoms with Gasteiger partial charge in [0.2, 0.25) is 5.88 Å². The molecule has 3 aromatic heterocycles. The van der Waals surface area contributed by atoms with Crippen molar-refractivity contribution in [2.45, 2.75) is 38.0 Å². The zero-order valence-electron chi connectivity index (χ0n) is 13.3. The molecule has 1 atom stereocenters. The van der Waals surface area contributed by atoms with E-state index in [0.717, 1.165) is 36.7 Å². The number of hydrogen-bond acceptors (Lipinski definition) is 5. The lowest BCUT2D eigenvalue weighted by Crippen LogP contribution is -2.25. The third-order valence-electron chi connectivity index (χ3n) is 4.27. The van der Waals surface area contributed by atoms with Gasteiger partial charge in [-0.05, 0) is 42.3 Å². The Morgan fingerprint density at radius 2 is 2.25 bits per heavy atom. The van der Waals surface area contributed by atoms with Crippen LogP contribution in [0.25, 0.3) is 0 Å². The minimum absolute atomic E-state index is 0.0594. The number of ether oxygens (including phenoxy) is 1. The summed E-state index contributed by atoms with van der Waals surface area (Å²) in [6.07, 6.45) is 9.35. The molecule has 6 heteroatoms. The summed E-state index contributed by atoms with van der Waals surface area (Å²) in [5.41, 5.74) is 1.16. The maximum atomic E-state index is 5.89. The van der Waals surface area contributed by atoms with Crippen molar-refractivity contribution in [2.75, 3.05) is 0 Å². The number of pyridine rings is 1. The first-order valence-electron chi connectivity index (χ1n) is 8.26. The molecule has 1 aliphatic carbocycles. The second-order valence-electron chi connectivity index (χ2n) is 5.98. The lowest BCUT2D eigenvalue weighted by atomic mass is 9.96. The van der Waals surface area contributed by atoms with Gasteiger partial charge in [0.05, 0.1) is 0 Å². The maximum absolute atomic E-state index is 5.89. The molecule has 1 saturated carbocycles. The van der Waals surface area contributed by atoms with E-state index in [2.05, 4.69) is 37.8 Å². The van der Waals surface area contributed by atoms with Gasteiger partial charge in [-0.2, -0.15) is 0 Å². The van der Waals surface area contributed by atoms with Crippen molar-refractivity contribution in [1.29, 1.82) is 0 Å². The number of nitrogens with zero attached hydrogens (tertiary/aromatic N) is 2. The highest BCUT2D eigenvalue weighted by atomic mass is 32.1. The van der Waals surface area contributed by atoms with E-state index in [-0.39, 0.29) is 6.04 Å². The van der Waals surface area contributed by atoms with Crippen LogP contribution in [0.15, 0.2) is 48.2 Å². The van der Waals surface area contributed by atoms with Crippen LogP contribution in [-0.4, -0.2) is 21.1 Å². The summed E-state index contributed by atoms with van der Waals surface area (Å²) in [7, 11) is 0. The van der Waals surface area contributed by atoms with Crippen molar-refractivity contribution >= 4 is 11.3 Å². The molecule has 1 unspecified atom stereocenters. The van der Waals surface area contributed by atoms with Crippen LogP contribution in [0.5, 0.6) is 5.88 Å². The monoisotopic (exact) mass is 340 g/mol. The van der Waals surface area contributed by atoms with Crippen molar-refractivity contribution in [3.8, 4) is 5.88 Å². The van der Waals surface area contributed by atoms with Gasteiger partial charge in [-0.25, -0.2) is 9.97 Å². The number of H-pyrrole nitrogens is 1. The highest BCUT2D eigenvalue weighted by Crippen LogP contribution is 2.26. The molecule has 0 spiro atoms. The quantitative estimate of drug-likeness (QED) is 0.689. The average molecular weight is 340 g/mol. The van der Waals surface area contributed by atoms with Gasteiger partial charge in [0.1, 0.15) is 18.0 Å². The van der Waals surface area contributed by atoms with Crippen LogP contribution in [-0.2, 0) is 6.54 Å². The van der Waals surface area contributed by atoms with Crippen LogP contribution >= 0.6 is 11.3 Å². The van der Waals surface area contributed by atoms with Crippen molar-refractivity contribution in [2.24, 2.45) is 0 Å². The molecule has 5 nitrogen and oxygen atoms in total. The Labute approximate surface area is 145 Å². The van der Waals surface area contributed by atoms with Gasteiger partial charge in [-0.1, -0.05) is 6.07 Å². The molecule has 1 aliphatic rings. The zero-order valence-corrected chi connectivity index (χ0v) is 14.1. The molecule has 0 bridgehead atoms. The molecular weight excluding hydrogens is 320 g/mol. The van der Waals surface area contributed by atoms with Gasteiger partial charge in [0.25, 0.3) is 0 Å². The van der Waals surface area contributed by atoms with Gasteiger partial charge in [-0.3, -0.25) is 5.32 Å². The Morgan fingerprint density at radius 1 is 1.29 bits per heavy atom. The average Bonchev–Trinajstić information content (AvgIpc) is 3.26. The summed E-state index contributed by atoms with van der Waals surface area (Å²) in [4.78, 5) is 13.2. The number of imidazole rings is 1. The summed E-state index contributed by atoms with van der Waals surface area (Å²) in [6, 6.07) is 8.30. The Hall–Kier alpha value is -2.18. The summed E-state index contributed by atoms with van der Waals surface area (Å²) in [5, 5.41) is 5.67. The van der Waals surface area contributed by atoms with Crippen LogP contribution in [0.2, 0.25) is 0 Å². The van der Waals surface area contributed by atoms with Gasteiger partial charge < -0.3 is 9.72 Å². The molecule has 3 aromatic rings. The number of aromatic nitrogens is 3. The van der Waals surface area contributed by atoms with E-state index in [0.29, 0.717) is 6.10 Å². The van der Waals surface area contributed by atoms with E-state index in [1.165, 1.54) is 11.3 Å². The third kappa shape index (κ3) is 3.49. The Balaban J connectivity index is 1.45. The summed E-state index contributed by atoms with van der Waals surface area (Å²) in [5.74, 6) is 1.65. The molecule has 1 fully saturated rings. The van der Waals surface area contributed by atoms with Crippen LogP contribution in [0, 0.1) is 0 Å². The summed E-state index contributed by atoms with van der Waals surface area (Å²) >= 11 is 1.73. The fourth-order valence-corrected chi connectivity index (χ4v) is 3.53. The molecule has 0 aromatic carbocycles. The Kier molecular flexibility index (Phi) is 4.57. The summed E-state index contributed by atoms with van der Waals surface area (Å²) < 4.78 is 5.89. The van der Waals surface area contributed by atoms with E-state index in [4.69, 9.17) is 4.74 Å². The normalized spacial score (nSPS) is 15.8. The van der Waals surface area contributed by atoms with Gasteiger partial charge in [0, 0.05) is 36.1 Å². The number of rotatable bonds is 7. The topological polar surface area (TPSA) is 62.8 Å². The maximum Gasteiger partial charge on any atom is 0.213 e. The Bertz CT molecular complexity index is 719. The number of aromatic amines is 1. The third-order valence-corrected chi connectivity index (χ3v) is 5.21. The number of thiophene rings is 1. The lowest BCUT2D eigenvalue weighted by molar-refractivity contribution is 0.114. The lowest BCUT2D eigenvalue weighted by Gasteiger charge is -2.25. The van der Waals surface area contributed by atoms with E-state index >= 15 is 0 Å². The van der Waals surface area contributed by atoms with E-state index in [9.17, 15) is 0 Å². The largest absolute Gasteiger partial charge is 0.474 e. The first-order chi connectivity index (χ1) is 11.9. The predicted molar refractivity (Wildman–Crippen MR) is 94.1 cm³/mol. The van der Waals surface area contributed by atoms with Gasteiger partial charge in [0.15, 0.2) is 0 Å². The van der Waals surface area contributed by atoms with Gasteiger partial charge in [-0.15, -0.1) is 11.3 Å². The fourth-order valence-electron chi connectivity index (χ4n) is 2.73. The predicted octanol–water partition coefficient (Wildman–Crippen LogP) is 3.68. The molecule has 0 amide bonds. The van der Waals surface area contributed by atoms with Crippen molar-refractivity contribution in [1.82, 2.24) is 20.3 Å². The standard InChI is InChI=1S/C18H20N4OS/c1-3-14(4-1)23-16-11-13(6-7-19-16)12-22-17(15-5-2-10-24-15)18-20-8-9-21-18/h2,5-11,14,17,22H,1,3-4,12H2,(H,20,21). The molecule has 0 saturated heterocycles. The van der Waals surface area contributed by atoms with E-state index in [1.54, 1.807) is 17.5 Å². The summed E-state index contributed by atoms with van der Waals surface area (Å²) in [6.45, 7) is 0.729.